The first-order chi connectivity index (χ1) is 21.6. The molecule has 2 fully saturated rings. The zero-order valence-corrected chi connectivity index (χ0v) is 27.0. The molecule has 2 saturated heterocycles. The molecular weight excluding hydrogens is 574 g/mol. The summed E-state index contributed by atoms with van der Waals surface area (Å²) in [5.41, 5.74) is -0.641. The molecule has 1 aromatic carbocycles. The van der Waals surface area contributed by atoms with E-state index in [4.69, 9.17) is 9.47 Å². The van der Waals surface area contributed by atoms with Gasteiger partial charge in [-0.05, 0) is 38.7 Å². The van der Waals surface area contributed by atoms with Gasteiger partial charge in [0.25, 0.3) is 0 Å². The minimum Gasteiger partial charge on any atom is -0.455 e. The van der Waals surface area contributed by atoms with Crippen LogP contribution in [0.25, 0.3) is 0 Å². The van der Waals surface area contributed by atoms with Gasteiger partial charge < -0.3 is 29.3 Å². The van der Waals surface area contributed by atoms with E-state index >= 15 is 0 Å². The minimum absolute atomic E-state index is 0.0923. The molecular formula is C35H47N3O7. The first-order valence-electron chi connectivity index (χ1n) is 16.4. The Morgan fingerprint density at radius 1 is 1.07 bits per heavy atom. The third-order valence-corrected chi connectivity index (χ3v) is 10.2. The van der Waals surface area contributed by atoms with Crippen LogP contribution in [-0.2, 0) is 28.7 Å². The molecule has 4 aliphatic heterocycles. The molecule has 0 saturated carbocycles. The van der Waals surface area contributed by atoms with E-state index in [9.17, 15) is 24.3 Å². The van der Waals surface area contributed by atoms with Crippen molar-refractivity contribution in [2.24, 2.45) is 11.8 Å². The normalized spacial score (nSPS) is 34.2. The number of nitrogens with zero attached hydrogens (tertiary/aromatic N) is 3. The fourth-order valence-electron chi connectivity index (χ4n) is 7.59. The molecule has 1 N–H and O–H groups in total. The highest BCUT2D eigenvalue weighted by atomic mass is 16.6. The van der Waals surface area contributed by atoms with Gasteiger partial charge in [0.15, 0.2) is 0 Å². The Bertz CT molecular complexity index is 1330. The van der Waals surface area contributed by atoms with Crippen molar-refractivity contribution in [1.82, 2.24) is 14.7 Å². The summed E-state index contributed by atoms with van der Waals surface area (Å²) < 4.78 is 12.8. The van der Waals surface area contributed by atoms with Gasteiger partial charge in [0.1, 0.15) is 23.7 Å². The smallest absolute Gasteiger partial charge is 0.313 e. The predicted molar refractivity (Wildman–Crippen MR) is 167 cm³/mol. The Morgan fingerprint density at radius 2 is 1.80 bits per heavy atom. The lowest BCUT2D eigenvalue weighted by Gasteiger charge is -2.40. The number of esters is 1. The second kappa shape index (κ2) is 13.5. The van der Waals surface area contributed by atoms with Crippen LogP contribution < -0.4 is 0 Å². The summed E-state index contributed by atoms with van der Waals surface area (Å²) in [4.78, 5) is 61.5. The van der Waals surface area contributed by atoms with Crippen LogP contribution in [0.2, 0.25) is 0 Å². The average molecular weight is 622 g/mol. The fraction of sp³-hybridized carbons (Fsp3) is 0.600. The minimum atomic E-state index is -1.37. The van der Waals surface area contributed by atoms with E-state index in [0.29, 0.717) is 19.4 Å². The van der Waals surface area contributed by atoms with Crippen LogP contribution in [0.3, 0.4) is 0 Å². The number of carbonyl (C=O) groups excluding carboxylic acids is 4. The SMILES string of the molecule is CCCC(C)N1C/C=C\CCC(=O)N(C)[C@@H](C)[C@H](c2ccccc2)OC(=O)[C@@H]2[C@H]3C(=O)N([C@@H](CC)CO)[C@H](C1=O)[C@]31C=C[C@H]2O1. The molecule has 4 heterocycles. The molecule has 244 valence electrons. The quantitative estimate of drug-likeness (QED) is 0.367. The summed E-state index contributed by atoms with van der Waals surface area (Å²) in [5, 5.41) is 10.4. The van der Waals surface area contributed by atoms with Gasteiger partial charge in [-0.1, -0.05) is 74.9 Å². The Balaban J connectivity index is 1.62. The Morgan fingerprint density at radius 3 is 2.47 bits per heavy atom. The van der Waals surface area contributed by atoms with Crippen molar-refractivity contribution in [3.63, 3.8) is 0 Å². The van der Waals surface area contributed by atoms with Gasteiger partial charge in [0, 0.05) is 26.1 Å². The molecule has 1 aromatic rings. The van der Waals surface area contributed by atoms with Crippen LogP contribution in [0.5, 0.6) is 0 Å². The number of fused-ring (bicyclic) bond motifs is 2. The Kier molecular flexibility index (Phi) is 9.84. The first-order valence-corrected chi connectivity index (χ1v) is 16.4. The molecule has 10 nitrogen and oxygen atoms in total. The number of allylic oxidation sites excluding steroid dienone is 1. The van der Waals surface area contributed by atoms with E-state index in [0.717, 1.165) is 18.4 Å². The maximum absolute atomic E-state index is 14.7. The number of cyclic esters (lactones) is 1. The number of likely N-dealkylation sites (N-methyl/N-ethyl adjacent to an activating group) is 1. The molecule has 3 amide bonds. The number of ether oxygens (including phenoxy) is 2. The number of hydrogen-bond donors (Lipinski definition) is 1. The van der Waals surface area contributed by atoms with Gasteiger partial charge in [-0.3, -0.25) is 19.2 Å². The van der Waals surface area contributed by atoms with Crippen molar-refractivity contribution in [1.29, 1.82) is 0 Å². The Labute approximate surface area is 266 Å². The number of aliphatic hydroxyl groups is 1. The van der Waals surface area contributed by atoms with E-state index in [1.165, 1.54) is 4.90 Å². The molecule has 9 atom stereocenters. The number of likely N-dealkylation sites (tertiary alicyclic amines) is 1. The number of rotatable bonds is 7. The van der Waals surface area contributed by atoms with E-state index in [2.05, 4.69) is 6.92 Å². The topological polar surface area (TPSA) is 117 Å². The lowest BCUT2D eigenvalue weighted by atomic mass is 9.74. The van der Waals surface area contributed by atoms with Gasteiger partial charge >= 0.3 is 5.97 Å². The second-order valence-electron chi connectivity index (χ2n) is 12.8. The molecule has 45 heavy (non-hydrogen) atoms. The lowest BCUT2D eigenvalue weighted by Crippen LogP contribution is -2.59. The van der Waals surface area contributed by atoms with Crippen molar-refractivity contribution in [2.45, 2.75) is 102 Å². The average Bonchev–Trinajstić information content (AvgIpc) is 3.68. The van der Waals surface area contributed by atoms with Crippen molar-refractivity contribution in [2.75, 3.05) is 20.2 Å². The molecule has 5 rings (SSSR count). The zero-order valence-electron chi connectivity index (χ0n) is 27.0. The monoisotopic (exact) mass is 621 g/mol. The molecule has 5 bridgehead atoms. The maximum Gasteiger partial charge on any atom is 0.313 e. The van der Waals surface area contributed by atoms with E-state index in [1.54, 1.807) is 29.0 Å². The number of aliphatic hydroxyl groups excluding tert-OH is 1. The largest absolute Gasteiger partial charge is 0.455 e. The molecule has 0 aliphatic carbocycles. The maximum atomic E-state index is 14.7. The highest BCUT2D eigenvalue weighted by molar-refractivity contribution is 5.99. The lowest BCUT2D eigenvalue weighted by molar-refractivity contribution is -0.164. The molecule has 0 aromatic heterocycles. The van der Waals surface area contributed by atoms with Crippen LogP contribution in [0.4, 0.5) is 0 Å². The molecule has 1 unspecified atom stereocenters. The standard InChI is InChI=1S/C35H47N3O7/c1-6-14-22(3)37-20-13-9-12-17-27(40)36(5)23(4)30(24-15-10-8-11-16-24)44-34(43)28-26-18-19-35(45-26)29(28)32(41)38(25(7-2)21-39)31(35)33(37)42/h8-11,13,15-16,18-19,22-23,25-26,28-31,39H,6-7,12,14,17,20-21H2,1-5H3/b13-9-/t22?,23-,25-,26+,28-,29-,30+,31+,35-/m0/s1. The molecule has 4 aliphatic rings. The number of carbonyl (C=O) groups is 4. The van der Waals surface area contributed by atoms with Crippen molar-refractivity contribution >= 4 is 23.7 Å². The number of amides is 3. The van der Waals surface area contributed by atoms with Crippen LogP contribution in [-0.4, -0.2) is 99.6 Å². The first kappa shape index (κ1) is 32.9. The van der Waals surface area contributed by atoms with Gasteiger partial charge in [-0.25, -0.2) is 0 Å². The highest BCUT2D eigenvalue weighted by Crippen LogP contribution is 2.56. The fourth-order valence-corrected chi connectivity index (χ4v) is 7.59. The van der Waals surface area contributed by atoms with Crippen molar-refractivity contribution in [3.8, 4) is 0 Å². The van der Waals surface area contributed by atoms with E-state index < -0.39 is 53.7 Å². The van der Waals surface area contributed by atoms with Crippen molar-refractivity contribution in [3.05, 3.63) is 60.2 Å². The third kappa shape index (κ3) is 5.71. The van der Waals surface area contributed by atoms with E-state index in [1.807, 2.05) is 63.3 Å². The summed E-state index contributed by atoms with van der Waals surface area (Å²) >= 11 is 0. The molecule has 10 heteroatoms. The predicted octanol–water partition coefficient (Wildman–Crippen LogP) is 3.41. The van der Waals surface area contributed by atoms with Crippen LogP contribution >= 0.6 is 0 Å². The van der Waals surface area contributed by atoms with Gasteiger partial charge in [-0.15, -0.1) is 0 Å². The second-order valence-corrected chi connectivity index (χ2v) is 12.8. The highest BCUT2D eigenvalue weighted by Gasteiger charge is 2.74. The van der Waals surface area contributed by atoms with E-state index in [-0.39, 0.29) is 36.8 Å². The number of benzene rings is 1. The summed E-state index contributed by atoms with van der Waals surface area (Å²) in [6.45, 7) is 7.73. The van der Waals surface area contributed by atoms with Gasteiger partial charge in [-0.2, -0.15) is 0 Å². The number of hydrogen-bond acceptors (Lipinski definition) is 7. The molecule has 1 spiro atoms. The van der Waals surface area contributed by atoms with Crippen LogP contribution in [0, 0.1) is 11.8 Å². The zero-order chi connectivity index (χ0) is 32.5. The summed E-state index contributed by atoms with van der Waals surface area (Å²) in [6.07, 6.45) is 8.61. The third-order valence-electron chi connectivity index (χ3n) is 10.2. The molecule has 0 radical (unpaired) electrons. The van der Waals surface area contributed by atoms with Crippen molar-refractivity contribution < 1.29 is 33.8 Å². The van der Waals surface area contributed by atoms with Crippen LogP contribution in [0.15, 0.2) is 54.6 Å². The summed E-state index contributed by atoms with van der Waals surface area (Å²) in [7, 11) is 1.71. The van der Waals surface area contributed by atoms with Gasteiger partial charge in [0.05, 0.1) is 30.7 Å². The van der Waals surface area contributed by atoms with Crippen LogP contribution in [0.1, 0.15) is 71.5 Å². The summed E-state index contributed by atoms with van der Waals surface area (Å²) in [6, 6.07) is 6.96. The Hall–Kier alpha value is -3.50. The van der Waals surface area contributed by atoms with Gasteiger partial charge in [0.2, 0.25) is 17.7 Å². The summed E-state index contributed by atoms with van der Waals surface area (Å²) in [5.74, 6) is -3.35.